The third-order valence-electron chi connectivity index (χ3n) is 5.06. The summed E-state index contributed by atoms with van der Waals surface area (Å²) in [5.41, 5.74) is 7.99. The van der Waals surface area contributed by atoms with Gasteiger partial charge in [-0.05, 0) is 36.1 Å². The molecule has 1 atom stereocenters. The lowest BCUT2D eigenvalue weighted by atomic mass is 10.0. The summed E-state index contributed by atoms with van der Waals surface area (Å²) in [6.07, 6.45) is 4.60. The highest BCUT2D eigenvalue weighted by Crippen LogP contribution is 2.26. The molecule has 5 nitrogen and oxygen atoms in total. The van der Waals surface area contributed by atoms with Crippen molar-refractivity contribution in [2.24, 2.45) is 5.73 Å². The Morgan fingerprint density at radius 2 is 1.74 bits per heavy atom. The molecular weight excluding hydrogens is 360 g/mol. The molecule has 3 N–H and O–H groups in total. The highest BCUT2D eigenvalue weighted by atomic mass is 32.2. The minimum absolute atomic E-state index is 0.00607. The standard InChI is InChI=1S/C21H26N2O3S/c22-20(17-9-3-1-4-10-17)21(24)23-18-11-7-8-16(14-18)15-27(25,26)19-12-5-2-6-13-19/h1,3-4,7-11,14,19-20H,2,5-6,12-13,15,22H2,(H,23,24). The third-order valence-corrected chi connectivity index (χ3v) is 7.29. The maximum absolute atomic E-state index is 12.7. The monoisotopic (exact) mass is 386 g/mol. The van der Waals surface area contributed by atoms with Crippen molar-refractivity contribution in [2.45, 2.75) is 49.1 Å². The molecule has 1 aliphatic carbocycles. The first-order valence-corrected chi connectivity index (χ1v) is 11.1. The van der Waals surface area contributed by atoms with Crippen molar-refractivity contribution < 1.29 is 13.2 Å². The van der Waals surface area contributed by atoms with E-state index in [4.69, 9.17) is 5.73 Å². The van der Waals surface area contributed by atoms with Gasteiger partial charge in [-0.25, -0.2) is 8.42 Å². The number of amides is 1. The Balaban J connectivity index is 1.67. The molecule has 2 aromatic rings. The summed E-state index contributed by atoms with van der Waals surface area (Å²) in [4.78, 5) is 12.4. The second-order valence-corrected chi connectivity index (χ2v) is 9.43. The first-order valence-electron chi connectivity index (χ1n) is 9.37. The van der Waals surface area contributed by atoms with Crippen LogP contribution in [0.2, 0.25) is 0 Å². The maximum atomic E-state index is 12.7. The SMILES string of the molecule is NC(C(=O)Nc1cccc(CS(=O)(=O)C2CCCCC2)c1)c1ccccc1. The Morgan fingerprint density at radius 1 is 1.04 bits per heavy atom. The van der Waals surface area contributed by atoms with Crippen molar-refractivity contribution >= 4 is 21.4 Å². The second kappa shape index (κ2) is 8.67. The average Bonchev–Trinajstić information content (AvgIpc) is 2.68. The van der Waals surface area contributed by atoms with Crippen molar-refractivity contribution in [3.05, 3.63) is 65.7 Å². The molecular formula is C21H26N2O3S. The van der Waals surface area contributed by atoms with Crippen LogP contribution < -0.4 is 11.1 Å². The first-order chi connectivity index (χ1) is 13.0. The summed E-state index contributed by atoms with van der Waals surface area (Å²) in [6.45, 7) is 0. The molecule has 0 aromatic heterocycles. The van der Waals surface area contributed by atoms with Gasteiger partial charge in [0.1, 0.15) is 6.04 Å². The van der Waals surface area contributed by atoms with Crippen molar-refractivity contribution in [2.75, 3.05) is 5.32 Å². The van der Waals surface area contributed by atoms with E-state index >= 15 is 0 Å². The number of nitrogens with one attached hydrogen (secondary N) is 1. The molecule has 1 amide bonds. The fourth-order valence-corrected chi connectivity index (χ4v) is 5.48. The third kappa shape index (κ3) is 5.17. The van der Waals surface area contributed by atoms with Gasteiger partial charge >= 0.3 is 0 Å². The molecule has 0 saturated heterocycles. The number of hydrogen-bond donors (Lipinski definition) is 2. The van der Waals surface area contributed by atoms with Crippen molar-refractivity contribution in [1.82, 2.24) is 0 Å². The highest BCUT2D eigenvalue weighted by Gasteiger charge is 2.27. The van der Waals surface area contributed by atoms with Crippen LogP contribution in [0.5, 0.6) is 0 Å². The summed E-state index contributed by atoms with van der Waals surface area (Å²) in [6, 6.07) is 15.4. The normalized spacial score (nSPS) is 16.6. The number of nitrogens with two attached hydrogens (primary N) is 1. The van der Waals surface area contributed by atoms with Gasteiger partial charge in [-0.2, -0.15) is 0 Å². The van der Waals surface area contributed by atoms with Crippen molar-refractivity contribution in [3.8, 4) is 0 Å². The fourth-order valence-electron chi connectivity index (χ4n) is 3.55. The molecule has 2 aromatic carbocycles. The molecule has 0 radical (unpaired) electrons. The fraction of sp³-hybridized carbons (Fsp3) is 0.381. The Bertz CT molecular complexity index is 875. The van der Waals surface area contributed by atoms with Gasteiger partial charge in [0.2, 0.25) is 5.91 Å². The van der Waals surface area contributed by atoms with Crippen LogP contribution in [0.1, 0.15) is 49.3 Å². The van der Waals surface area contributed by atoms with Gasteiger partial charge in [0.15, 0.2) is 9.84 Å². The molecule has 27 heavy (non-hydrogen) atoms. The van der Waals surface area contributed by atoms with Crippen LogP contribution in [-0.4, -0.2) is 19.6 Å². The van der Waals surface area contributed by atoms with Crippen LogP contribution in [0.15, 0.2) is 54.6 Å². The minimum atomic E-state index is -3.18. The van der Waals surface area contributed by atoms with E-state index in [0.29, 0.717) is 11.3 Å². The Hall–Kier alpha value is -2.18. The van der Waals surface area contributed by atoms with Crippen LogP contribution in [0.4, 0.5) is 5.69 Å². The first kappa shape index (κ1) is 19.6. The van der Waals surface area contributed by atoms with E-state index in [1.54, 1.807) is 36.4 Å². The second-order valence-electron chi connectivity index (χ2n) is 7.15. The smallest absolute Gasteiger partial charge is 0.245 e. The number of benzene rings is 2. The van der Waals surface area contributed by atoms with Gasteiger partial charge in [-0.3, -0.25) is 4.79 Å². The Kier molecular flexibility index (Phi) is 6.29. The number of hydrogen-bond acceptors (Lipinski definition) is 4. The zero-order valence-electron chi connectivity index (χ0n) is 15.3. The topological polar surface area (TPSA) is 89.3 Å². The molecule has 0 aliphatic heterocycles. The van der Waals surface area contributed by atoms with E-state index in [-0.39, 0.29) is 16.9 Å². The Morgan fingerprint density at radius 3 is 2.44 bits per heavy atom. The van der Waals surface area contributed by atoms with E-state index in [2.05, 4.69) is 5.32 Å². The van der Waals surface area contributed by atoms with E-state index in [1.165, 1.54) is 0 Å². The highest BCUT2D eigenvalue weighted by molar-refractivity contribution is 7.91. The zero-order valence-corrected chi connectivity index (χ0v) is 16.1. The van der Waals surface area contributed by atoms with Crippen LogP contribution in [0, 0.1) is 0 Å². The molecule has 1 saturated carbocycles. The average molecular weight is 387 g/mol. The van der Waals surface area contributed by atoms with E-state index in [0.717, 1.165) is 37.7 Å². The number of sulfone groups is 1. The molecule has 1 unspecified atom stereocenters. The lowest BCUT2D eigenvalue weighted by molar-refractivity contribution is -0.117. The predicted octanol–water partition coefficient (Wildman–Crippen LogP) is 3.57. The molecule has 3 rings (SSSR count). The number of carbonyl (C=O) groups excluding carboxylic acids is 1. The number of carbonyl (C=O) groups is 1. The molecule has 6 heteroatoms. The zero-order chi connectivity index (χ0) is 19.3. The molecule has 1 aliphatic rings. The van der Waals surface area contributed by atoms with Crippen LogP contribution >= 0.6 is 0 Å². The van der Waals surface area contributed by atoms with E-state index in [9.17, 15) is 13.2 Å². The van der Waals surface area contributed by atoms with Gasteiger partial charge in [0.05, 0.1) is 11.0 Å². The maximum Gasteiger partial charge on any atom is 0.245 e. The van der Waals surface area contributed by atoms with Crippen molar-refractivity contribution in [3.63, 3.8) is 0 Å². The predicted molar refractivity (Wildman–Crippen MR) is 108 cm³/mol. The molecule has 0 bridgehead atoms. The molecule has 1 fully saturated rings. The summed E-state index contributed by atoms with van der Waals surface area (Å²) in [7, 11) is -3.18. The lowest BCUT2D eigenvalue weighted by Crippen LogP contribution is -2.28. The summed E-state index contributed by atoms with van der Waals surface area (Å²) >= 11 is 0. The summed E-state index contributed by atoms with van der Waals surface area (Å²) in [5.74, 6) is -0.319. The van der Waals surface area contributed by atoms with Crippen LogP contribution in [0.3, 0.4) is 0 Å². The quantitative estimate of drug-likeness (QED) is 0.794. The van der Waals surface area contributed by atoms with Gasteiger partial charge in [-0.1, -0.05) is 61.7 Å². The molecule has 144 valence electrons. The summed E-state index contributed by atoms with van der Waals surface area (Å²) in [5, 5.41) is 2.55. The van der Waals surface area contributed by atoms with Gasteiger partial charge in [0, 0.05) is 5.69 Å². The number of anilines is 1. The van der Waals surface area contributed by atoms with E-state index in [1.807, 2.05) is 18.2 Å². The van der Waals surface area contributed by atoms with Gasteiger partial charge in [0.25, 0.3) is 0 Å². The van der Waals surface area contributed by atoms with Gasteiger partial charge in [-0.15, -0.1) is 0 Å². The largest absolute Gasteiger partial charge is 0.324 e. The van der Waals surface area contributed by atoms with E-state index < -0.39 is 15.9 Å². The molecule has 0 heterocycles. The lowest BCUT2D eigenvalue weighted by Gasteiger charge is -2.21. The van der Waals surface area contributed by atoms with Gasteiger partial charge < -0.3 is 11.1 Å². The number of rotatable bonds is 6. The van der Waals surface area contributed by atoms with Crippen LogP contribution in [-0.2, 0) is 20.4 Å². The van der Waals surface area contributed by atoms with Crippen molar-refractivity contribution in [1.29, 1.82) is 0 Å². The van der Waals surface area contributed by atoms with Crippen LogP contribution in [0.25, 0.3) is 0 Å². The minimum Gasteiger partial charge on any atom is -0.324 e. The molecule has 0 spiro atoms. The summed E-state index contributed by atoms with van der Waals surface area (Å²) < 4.78 is 25.3. The Labute approximate surface area is 160 Å².